The van der Waals surface area contributed by atoms with Crippen molar-refractivity contribution in [2.45, 2.75) is 37.8 Å². The van der Waals surface area contributed by atoms with Crippen molar-refractivity contribution in [3.8, 4) is 5.75 Å². The molecule has 1 aromatic carbocycles. The molecule has 3 rings (SSSR count). The third kappa shape index (κ3) is 2.26. The van der Waals surface area contributed by atoms with Gasteiger partial charge in [-0.2, -0.15) is 0 Å². The van der Waals surface area contributed by atoms with Gasteiger partial charge in [0.2, 0.25) is 0 Å². The van der Waals surface area contributed by atoms with Gasteiger partial charge >= 0.3 is 0 Å². The number of rotatable bonds is 2. The Bertz CT molecular complexity index is 464. The summed E-state index contributed by atoms with van der Waals surface area (Å²) in [6.07, 6.45) is 3.29. The molecule has 3 nitrogen and oxygen atoms in total. The minimum Gasteiger partial charge on any atom is -0.485 e. The molecule has 2 atom stereocenters. The highest BCUT2D eigenvalue weighted by Gasteiger charge is 2.43. The molecule has 1 N–H and O–H groups in total. The van der Waals surface area contributed by atoms with Crippen LogP contribution in [0.15, 0.2) is 18.2 Å². The molecule has 0 aromatic heterocycles. The fourth-order valence-corrected chi connectivity index (χ4v) is 3.35. The summed E-state index contributed by atoms with van der Waals surface area (Å²) in [7, 11) is 4.35. The monoisotopic (exact) mass is 260 g/mol. The number of ether oxygens (including phenoxy) is 1. The van der Waals surface area contributed by atoms with Crippen molar-refractivity contribution in [3.63, 3.8) is 0 Å². The topological polar surface area (TPSA) is 24.5 Å². The Morgan fingerprint density at radius 1 is 1.42 bits per heavy atom. The molecule has 2 heterocycles. The van der Waals surface area contributed by atoms with E-state index in [2.05, 4.69) is 49.4 Å². The van der Waals surface area contributed by atoms with E-state index in [1.165, 1.54) is 11.1 Å². The van der Waals surface area contributed by atoms with Crippen molar-refractivity contribution in [1.82, 2.24) is 10.2 Å². The van der Waals surface area contributed by atoms with Gasteiger partial charge in [0.05, 0.1) is 0 Å². The van der Waals surface area contributed by atoms with Crippen LogP contribution in [0.4, 0.5) is 0 Å². The second-order valence-electron chi connectivity index (χ2n) is 6.12. The highest BCUT2D eigenvalue weighted by Crippen LogP contribution is 2.44. The second kappa shape index (κ2) is 4.80. The van der Waals surface area contributed by atoms with Crippen LogP contribution in [0, 0.1) is 0 Å². The average molecular weight is 260 g/mol. The van der Waals surface area contributed by atoms with E-state index in [1.807, 2.05) is 0 Å². The van der Waals surface area contributed by atoms with Crippen LogP contribution >= 0.6 is 0 Å². The maximum absolute atomic E-state index is 6.37. The van der Waals surface area contributed by atoms with Crippen molar-refractivity contribution in [2.75, 3.05) is 27.2 Å². The molecule has 0 radical (unpaired) electrons. The van der Waals surface area contributed by atoms with Crippen LogP contribution < -0.4 is 10.1 Å². The van der Waals surface area contributed by atoms with Gasteiger partial charge in [-0.25, -0.2) is 0 Å². The molecular formula is C16H24N2O. The van der Waals surface area contributed by atoms with Crippen molar-refractivity contribution in [1.29, 1.82) is 0 Å². The molecule has 3 heteroatoms. The predicted molar refractivity (Wildman–Crippen MR) is 77.7 cm³/mol. The number of hydrogen-bond donors (Lipinski definition) is 1. The summed E-state index contributed by atoms with van der Waals surface area (Å²) in [5.74, 6) is 1.09. The minimum atomic E-state index is 0.00959. The number of fused-ring (bicyclic) bond motifs is 1. The molecule has 19 heavy (non-hydrogen) atoms. The van der Waals surface area contributed by atoms with Crippen LogP contribution in [0.25, 0.3) is 0 Å². The van der Waals surface area contributed by atoms with E-state index in [9.17, 15) is 0 Å². The Kier molecular flexibility index (Phi) is 3.27. The highest BCUT2D eigenvalue weighted by atomic mass is 16.5. The average Bonchev–Trinajstić information content (AvgIpc) is 2.85. The summed E-state index contributed by atoms with van der Waals surface area (Å²) in [6.45, 7) is 4.26. The number of aryl methyl sites for hydroxylation is 1. The van der Waals surface area contributed by atoms with Gasteiger partial charge in [-0.15, -0.1) is 0 Å². The molecule has 1 spiro atoms. The molecule has 0 saturated carbocycles. The zero-order valence-electron chi connectivity index (χ0n) is 12.2. The normalized spacial score (nSPS) is 29.6. The second-order valence-corrected chi connectivity index (χ2v) is 6.12. The molecule has 1 aromatic rings. The lowest BCUT2D eigenvalue weighted by Gasteiger charge is -2.42. The van der Waals surface area contributed by atoms with Gasteiger partial charge in [-0.05, 0) is 38.7 Å². The predicted octanol–water partition coefficient (Wildman–Crippen LogP) is 2.37. The zero-order valence-corrected chi connectivity index (χ0v) is 12.2. The van der Waals surface area contributed by atoms with Gasteiger partial charge in [-0.1, -0.05) is 19.1 Å². The number of nitrogens with zero attached hydrogens (tertiary/aromatic N) is 1. The molecule has 104 valence electrons. The fraction of sp³-hybridized carbons (Fsp3) is 0.625. The quantitative estimate of drug-likeness (QED) is 0.883. The van der Waals surface area contributed by atoms with Crippen molar-refractivity contribution in [2.24, 2.45) is 0 Å². The summed E-state index contributed by atoms with van der Waals surface area (Å²) in [5, 5.41) is 3.45. The van der Waals surface area contributed by atoms with Gasteiger partial charge in [0, 0.05) is 31.0 Å². The summed E-state index contributed by atoms with van der Waals surface area (Å²) in [4.78, 5) is 2.33. The maximum Gasteiger partial charge on any atom is 0.125 e. The first kappa shape index (κ1) is 12.9. The van der Waals surface area contributed by atoms with Crippen LogP contribution in [0.2, 0.25) is 0 Å². The maximum atomic E-state index is 6.37. The molecule has 2 aliphatic rings. The molecule has 1 saturated heterocycles. The first-order valence-corrected chi connectivity index (χ1v) is 7.32. The lowest BCUT2D eigenvalue weighted by Crippen LogP contribution is -2.45. The van der Waals surface area contributed by atoms with Crippen molar-refractivity contribution < 1.29 is 4.74 Å². The van der Waals surface area contributed by atoms with E-state index in [-0.39, 0.29) is 5.60 Å². The van der Waals surface area contributed by atoms with Crippen molar-refractivity contribution in [3.05, 3.63) is 29.3 Å². The van der Waals surface area contributed by atoms with E-state index >= 15 is 0 Å². The van der Waals surface area contributed by atoms with E-state index in [0.717, 1.165) is 38.1 Å². The minimum absolute atomic E-state index is 0.00959. The molecule has 2 aliphatic heterocycles. The van der Waals surface area contributed by atoms with Gasteiger partial charge < -0.3 is 15.0 Å². The van der Waals surface area contributed by atoms with Gasteiger partial charge in [0.15, 0.2) is 0 Å². The highest BCUT2D eigenvalue weighted by molar-refractivity contribution is 5.42. The zero-order chi connectivity index (χ0) is 13.5. The van der Waals surface area contributed by atoms with Gasteiger partial charge in [0.1, 0.15) is 11.4 Å². The SMILES string of the molecule is CCc1ccc2c(c1)C(N(C)C)CC1(CCNC1)O2. The van der Waals surface area contributed by atoms with E-state index in [1.54, 1.807) is 0 Å². The summed E-state index contributed by atoms with van der Waals surface area (Å²) in [5.41, 5.74) is 2.77. The molecule has 2 unspecified atom stereocenters. The first-order chi connectivity index (χ1) is 9.13. The summed E-state index contributed by atoms with van der Waals surface area (Å²) >= 11 is 0. The Balaban J connectivity index is 2.01. The van der Waals surface area contributed by atoms with Gasteiger partial charge in [-0.3, -0.25) is 0 Å². The van der Waals surface area contributed by atoms with Crippen LogP contribution in [-0.4, -0.2) is 37.7 Å². The van der Waals surface area contributed by atoms with Crippen molar-refractivity contribution >= 4 is 0 Å². The lowest BCUT2D eigenvalue weighted by molar-refractivity contribution is 0.0288. The smallest absolute Gasteiger partial charge is 0.125 e. The Hall–Kier alpha value is -1.06. The number of hydrogen-bond acceptors (Lipinski definition) is 3. The third-order valence-electron chi connectivity index (χ3n) is 4.56. The standard InChI is InChI=1S/C16H24N2O/c1-4-12-5-6-15-13(9-12)14(18(2)3)10-16(19-15)7-8-17-11-16/h5-6,9,14,17H,4,7-8,10-11H2,1-3H3. The molecule has 0 amide bonds. The number of nitrogens with one attached hydrogen (secondary N) is 1. The largest absolute Gasteiger partial charge is 0.485 e. The third-order valence-corrected chi connectivity index (χ3v) is 4.56. The summed E-state index contributed by atoms with van der Waals surface area (Å²) in [6, 6.07) is 7.17. The Labute approximate surface area is 115 Å². The molecular weight excluding hydrogens is 236 g/mol. The van der Waals surface area contributed by atoms with Gasteiger partial charge in [0.25, 0.3) is 0 Å². The van der Waals surface area contributed by atoms with Crippen LogP contribution in [-0.2, 0) is 6.42 Å². The molecule has 0 aliphatic carbocycles. The Morgan fingerprint density at radius 3 is 2.89 bits per heavy atom. The van der Waals surface area contributed by atoms with Crippen LogP contribution in [0.1, 0.15) is 36.9 Å². The fourth-order valence-electron chi connectivity index (χ4n) is 3.35. The van der Waals surface area contributed by atoms with E-state index in [4.69, 9.17) is 4.74 Å². The molecule has 1 fully saturated rings. The Morgan fingerprint density at radius 2 is 2.26 bits per heavy atom. The van der Waals surface area contributed by atoms with Crippen LogP contribution in [0.5, 0.6) is 5.75 Å². The van der Waals surface area contributed by atoms with Crippen LogP contribution in [0.3, 0.4) is 0 Å². The van der Waals surface area contributed by atoms with E-state index in [0.29, 0.717) is 6.04 Å². The first-order valence-electron chi connectivity index (χ1n) is 7.32. The molecule has 0 bridgehead atoms. The lowest BCUT2D eigenvalue weighted by atomic mass is 9.85. The number of benzene rings is 1. The van der Waals surface area contributed by atoms with E-state index < -0.39 is 0 Å². The summed E-state index contributed by atoms with van der Waals surface area (Å²) < 4.78 is 6.37.